The van der Waals surface area contributed by atoms with E-state index in [1.165, 1.54) is 18.6 Å². The van der Waals surface area contributed by atoms with Crippen LogP contribution in [0.4, 0.5) is 5.69 Å². The van der Waals surface area contributed by atoms with Gasteiger partial charge in [-0.15, -0.1) is 0 Å². The fourth-order valence-corrected chi connectivity index (χ4v) is 4.81. The number of aromatic amines is 1. The van der Waals surface area contributed by atoms with Crippen molar-refractivity contribution in [1.82, 2.24) is 19.1 Å². The highest BCUT2D eigenvalue weighted by Crippen LogP contribution is 2.36. The number of H-pyrrole nitrogens is 1. The van der Waals surface area contributed by atoms with Gasteiger partial charge < -0.3 is 4.98 Å². The number of benzene rings is 1. The lowest BCUT2D eigenvalue weighted by Crippen LogP contribution is -2.32. The Bertz CT molecular complexity index is 1300. The zero-order chi connectivity index (χ0) is 20.8. The van der Waals surface area contributed by atoms with E-state index in [1.54, 1.807) is 22.9 Å². The maximum atomic E-state index is 13.7. The van der Waals surface area contributed by atoms with Crippen LogP contribution in [0.3, 0.4) is 0 Å². The van der Waals surface area contributed by atoms with Crippen molar-refractivity contribution in [3.63, 3.8) is 0 Å². The molecule has 2 atom stereocenters. The Morgan fingerprint density at radius 2 is 1.97 bits per heavy atom. The topological polar surface area (TPSA) is 98.8 Å². The molecular weight excluding hydrogens is 382 g/mol. The lowest BCUT2D eigenvalue weighted by Gasteiger charge is -2.29. The molecule has 8 nitrogen and oxygen atoms in total. The van der Waals surface area contributed by atoms with Crippen LogP contribution in [-0.2, 0) is 6.54 Å². The number of fused-ring (bicyclic) bond motifs is 3. The molecule has 1 aromatic carbocycles. The summed E-state index contributed by atoms with van der Waals surface area (Å²) in [5.41, 5.74) is 3.33. The van der Waals surface area contributed by atoms with E-state index in [0.29, 0.717) is 12.5 Å². The summed E-state index contributed by atoms with van der Waals surface area (Å²) < 4.78 is 3.72. The minimum absolute atomic E-state index is 0.0419. The highest BCUT2D eigenvalue weighted by molar-refractivity contribution is 6.01. The maximum Gasteiger partial charge on any atom is 0.329 e. The van der Waals surface area contributed by atoms with Gasteiger partial charge in [-0.1, -0.05) is 31.9 Å². The first-order valence-corrected chi connectivity index (χ1v) is 10.3. The van der Waals surface area contributed by atoms with E-state index in [-0.39, 0.29) is 17.4 Å². The van der Waals surface area contributed by atoms with E-state index < -0.39 is 4.92 Å². The van der Waals surface area contributed by atoms with E-state index in [9.17, 15) is 14.9 Å². The molecule has 0 aliphatic heterocycles. The van der Waals surface area contributed by atoms with Crippen molar-refractivity contribution in [2.45, 2.75) is 45.2 Å². The number of nitro groups is 1. The van der Waals surface area contributed by atoms with Crippen LogP contribution in [0.5, 0.6) is 0 Å². The molecule has 1 saturated carbocycles. The van der Waals surface area contributed by atoms with Crippen LogP contribution in [0.25, 0.3) is 22.1 Å². The van der Waals surface area contributed by atoms with Gasteiger partial charge in [-0.2, -0.15) is 0 Å². The molecule has 8 heteroatoms. The number of pyridine rings is 1. The molecule has 0 unspecified atom stereocenters. The second-order valence-corrected chi connectivity index (χ2v) is 8.22. The number of nitrogens with one attached hydrogen (secondary N) is 1. The quantitative estimate of drug-likeness (QED) is 0.402. The minimum Gasteiger partial charge on any atom is -0.346 e. The van der Waals surface area contributed by atoms with Crippen LogP contribution in [0.15, 0.2) is 47.5 Å². The molecule has 0 amide bonds. The second kappa shape index (κ2) is 7.12. The Morgan fingerprint density at radius 1 is 1.20 bits per heavy atom. The SMILES string of the molecule is C[C@@H]1CCCC[C@@H]1n1c(=O)n(Cc2ccc([N+](=O)[O-])cc2)c2cnc3[nH]ccc3c21. The number of nitro benzene ring substituents is 1. The van der Waals surface area contributed by atoms with Crippen molar-refractivity contribution in [2.24, 2.45) is 5.92 Å². The Morgan fingerprint density at radius 3 is 2.70 bits per heavy atom. The molecule has 5 rings (SSSR count). The lowest BCUT2D eigenvalue weighted by atomic mass is 9.85. The summed E-state index contributed by atoms with van der Waals surface area (Å²) in [6, 6.07) is 8.51. The first-order valence-electron chi connectivity index (χ1n) is 10.3. The van der Waals surface area contributed by atoms with Crippen molar-refractivity contribution < 1.29 is 4.92 Å². The number of rotatable bonds is 4. The molecule has 0 saturated heterocycles. The molecule has 3 aromatic heterocycles. The first-order chi connectivity index (χ1) is 14.5. The van der Waals surface area contributed by atoms with Gasteiger partial charge in [-0.25, -0.2) is 9.78 Å². The summed E-state index contributed by atoms with van der Waals surface area (Å²) in [6.07, 6.45) is 8.04. The van der Waals surface area contributed by atoms with Crippen LogP contribution in [-0.4, -0.2) is 24.0 Å². The molecule has 154 valence electrons. The zero-order valence-corrected chi connectivity index (χ0v) is 16.7. The Labute approximate surface area is 172 Å². The van der Waals surface area contributed by atoms with Gasteiger partial charge in [0.1, 0.15) is 5.65 Å². The largest absolute Gasteiger partial charge is 0.346 e. The molecule has 1 aliphatic carbocycles. The van der Waals surface area contributed by atoms with Crippen molar-refractivity contribution in [2.75, 3.05) is 0 Å². The molecule has 1 fully saturated rings. The first kappa shape index (κ1) is 18.6. The molecule has 3 heterocycles. The standard InChI is InChI=1S/C22H23N5O3/c1-14-4-2-3-5-18(14)26-20-17-10-11-23-21(17)24-12-19(20)25(22(26)28)13-15-6-8-16(9-7-15)27(29)30/h6-12,14,18H,2-5,13H2,1H3,(H,23,24)/t14-,18+/m1/s1. The molecule has 4 aromatic rings. The Kier molecular flexibility index (Phi) is 4.42. The highest BCUT2D eigenvalue weighted by Gasteiger charge is 2.28. The molecule has 0 bridgehead atoms. The minimum atomic E-state index is -0.418. The predicted molar refractivity (Wildman–Crippen MR) is 115 cm³/mol. The third kappa shape index (κ3) is 2.91. The van der Waals surface area contributed by atoms with Gasteiger partial charge in [-0.05, 0) is 30.4 Å². The van der Waals surface area contributed by atoms with E-state index in [4.69, 9.17) is 0 Å². The van der Waals surface area contributed by atoms with Crippen LogP contribution in [0.2, 0.25) is 0 Å². The van der Waals surface area contributed by atoms with Crippen molar-refractivity contribution in [1.29, 1.82) is 0 Å². The number of non-ortho nitro benzene ring substituents is 1. The molecule has 1 aliphatic rings. The predicted octanol–water partition coefficient (Wildman–Crippen LogP) is 4.39. The van der Waals surface area contributed by atoms with E-state index in [0.717, 1.165) is 46.9 Å². The zero-order valence-electron chi connectivity index (χ0n) is 16.7. The Balaban J connectivity index is 1.69. The number of hydrogen-bond acceptors (Lipinski definition) is 4. The van der Waals surface area contributed by atoms with Gasteiger partial charge in [0.15, 0.2) is 0 Å². The average Bonchev–Trinajstić information content (AvgIpc) is 3.32. The summed E-state index contributed by atoms with van der Waals surface area (Å²) >= 11 is 0. The van der Waals surface area contributed by atoms with Gasteiger partial charge in [0.25, 0.3) is 5.69 Å². The van der Waals surface area contributed by atoms with Crippen LogP contribution < -0.4 is 5.69 Å². The summed E-state index contributed by atoms with van der Waals surface area (Å²) in [5.74, 6) is 0.428. The van der Waals surface area contributed by atoms with E-state index >= 15 is 0 Å². The normalized spacial score (nSPS) is 19.5. The highest BCUT2D eigenvalue weighted by atomic mass is 16.6. The smallest absolute Gasteiger partial charge is 0.329 e. The van der Waals surface area contributed by atoms with Gasteiger partial charge in [0.2, 0.25) is 0 Å². The summed E-state index contributed by atoms with van der Waals surface area (Å²) in [6.45, 7) is 2.57. The van der Waals surface area contributed by atoms with Crippen molar-refractivity contribution >= 4 is 27.8 Å². The lowest BCUT2D eigenvalue weighted by molar-refractivity contribution is -0.384. The van der Waals surface area contributed by atoms with Crippen LogP contribution in [0, 0.1) is 16.0 Å². The van der Waals surface area contributed by atoms with Crippen molar-refractivity contribution in [3.8, 4) is 0 Å². The number of aromatic nitrogens is 4. The molecule has 1 N–H and O–H groups in total. The van der Waals surface area contributed by atoms with E-state index in [2.05, 4.69) is 16.9 Å². The third-order valence-electron chi connectivity index (χ3n) is 6.39. The monoisotopic (exact) mass is 405 g/mol. The van der Waals surface area contributed by atoms with E-state index in [1.807, 2.05) is 16.8 Å². The summed E-state index contributed by atoms with van der Waals surface area (Å²) in [7, 11) is 0. The van der Waals surface area contributed by atoms with Gasteiger partial charge in [0, 0.05) is 29.8 Å². The van der Waals surface area contributed by atoms with Crippen LogP contribution >= 0.6 is 0 Å². The molecule has 30 heavy (non-hydrogen) atoms. The van der Waals surface area contributed by atoms with Crippen molar-refractivity contribution in [3.05, 3.63) is 68.9 Å². The fourth-order valence-electron chi connectivity index (χ4n) is 4.81. The molecule has 0 spiro atoms. The molecule has 0 radical (unpaired) electrons. The van der Waals surface area contributed by atoms with Crippen LogP contribution in [0.1, 0.15) is 44.2 Å². The molecular formula is C22H23N5O3. The number of imidazole rings is 1. The summed E-state index contributed by atoms with van der Waals surface area (Å²) in [4.78, 5) is 31.8. The fraction of sp³-hybridized carbons (Fsp3) is 0.364. The second-order valence-electron chi connectivity index (χ2n) is 8.22. The van der Waals surface area contributed by atoms with Gasteiger partial charge >= 0.3 is 5.69 Å². The Hall–Kier alpha value is -3.42. The number of hydrogen-bond donors (Lipinski definition) is 1. The van der Waals surface area contributed by atoms with Gasteiger partial charge in [-0.3, -0.25) is 19.2 Å². The summed E-state index contributed by atoms with van der Waals surface area (Å²) in [5, 5.41) is 11.9. The maximum absolute atomic E-state index is 13.7. The van der Waals surface area contributed by atoms with Gasteiger partial charge in [0.05, 0.1) is 28.7 Å². The number of nitrogens with zero attached hydrogens (tertiary/aromatic N) is 4. The average molecular weight is 405 g/mol. The third-order valence-corrected chi connectivity index (χ3v) is 6.39.